The number of rotatable bonds is 5. The second kappa shape index (κ2) is 7.33. The second-order valence-electron chi connectivity index (χ2n) is 5.73. The SMILES string of the molecule is O=C(C=Cc1nc2ccccc2s1)Nc1ccn(Cc2ccccc2)n1. The van der Waals surface area contributed by atoms with Crippen molar-refractivity contribution < 1.29 is 4.79 Å². The molecule has 1 N–H and O–H groups in total. The van der Waals surface area contributed by atoms with Gasteiger partial charge >= 0.3 is 0 Å². The number of anilines is 1. The summed E-state index contributed by atoms with van der Waals surface area (Å²) in [6.07, 6.45) is 5.05. The van der Waals surface area contributed by atoms with Crippen LogP contribution in [-0.4, -0.2) is 20.7 Å². The second-order valence-corrected chi connectivity index (χ2v) is 6.79. The number of hydrogen-bond donors (Lipinski definition) is 1. The van der Waals surface area contributed by atoms with E-state index < -0.39 is 0 Å². The van der Waals surface area contributed by atoms with E-state index in [9.17, 15) is 4.79 Å². The molecule has 4 rings (SSSR count). The van der Waals surface area contributed by atoms with E-state index in [1.54, 1.807) is 28.2 Å². The quantitative estimate of drug-likeness (QED) is 0.543. The summed E-state index contributed by atoms with van der Waals surface area (Å²) in [5, 5.41) is 7.95. The average Bonchev–Trinajstić information content (AvgIpc) is 3.27. The van der Waals surface area contributed by atoms with E-state index in [1.165, 1.54) is 6.08 Å². The molecule has 2 heterocycles. The van der Waals surface area contributed by atoms with Crippen molar-refractivity contribution in [3.8, 4) is 0 Å². The van der Waals surface area contributed by atoms with Gasteiger partial charge in [-0.05, 0) is 23.8 Å². The molecule has 0 unspecified atom stereocenters. The highest BCUT2D eigenvalue weighted by Crippen LogP contribution is 2.22. The maximum atomic E-state index is 12.1. The Bertz CT molecular complexity index is 1030. The predicted octanol–water partition coefficient (Wildman–Crippen LogP) is 4.19. The maximum Gasteiger partial charge on any atom is 0.249 e. The van der Waals surface area contributed by atoms with E-state index in [2.05, 4.69) is 15.4 Å². The van der Waals surface area contributed by atoms with Crippen molar-refractivity contribution >= 4 is 39.4 Å². The van der Waals surface area contributed by atoms with E-state index in [-0.39, 0.29) is 5.91 Å². The lowest BCUT2D eigenvalue weighted by Crippen LogP contribution is -2.09. The van der Waals surface area contributed by atoms with Crippen LogP contribution >= 0.6 is 11.3 Å². The Hall–Kier alpha value is -3.25. The third-order valence-corrected chi connectivity index (χ3v) is 4.77. The third kappa shape index (κ3) is 3.87. The van der Waals surface area contributed by atoms with E-state index in [0.29, 0.717) is 12.4 Å². The maximum absolute atomic E-state index is 12.1. The Morgan fingerprint density at radius 1 is 1.08 bits per heavy atom. The van der Waals surface area contributed by atoms with E-state index in [4.69, 9.17) is 0 Å². The molecule has 128 valence electrons. The fraction of sp³-hybridized carbons (Fsp3) is 0.0500. The molecule has 0 aliphatic rings. The van der Waals surface area contributed by atoms with Crippen LogP contribution in [0.25, 0.3) is 16.3 Å². The van der Waals surface area contributed by atoms with Crippen LogP contribution in [0.2, 0.25) is 0 Å². The van der Waals surface area contributed by atoms with Crippen LogP contribution in [0.4, 0.5) is 5.82 Å². The largest absolute Gasteiger partial charge is 0.306 e. The highest BCUT2D eigenvalue weighted by Gasteiger charge is 2.04. The van der Waals surface area contributed by atoms with Gasteiger partial charge in [-0.3, -0.25) is 9.48 Å². The summed E-state index contributed by atoms with van der Waals surface area (Å²) < 4.78 is 2.90. The van der Waals surface area contributed by atoms with Gasteiger partial charge in [-0.1, -0.05) is 42.5 Å². The summed E-state index contributed by atoms with van der Waals surface area (Å²) in [5.74, 6) is 0.300. The number of hydrogen-bond acceptors (Lipinski definition) is 4. The summed E-state index contributed by atoms with van der Waals surface area (Å²) in [6.45, 7) is 0.665. The van der Waals surface area contributed by atoms with Crippen molar-refractivity contribution in [2.45, 2.75) is 6.54 Å². The number of benzene rings is 2. The minimum Gasteiger partial charge on any atom is -0.306 e. The van der Waals surface area contributed by atoms with Crippen LogP contribution in [0.5, 0.6) is 0 Å². The van der Waals surface area contributed by atoms with Crippen LogP contribution in [0, 0.1) is 0 Å². The molecule has 1 amide bonds. The van der Waals surface area contributed by atoms with Gasteiger partial charge in [0.05, 0.1) is 16.8 Å². The van der Waals surface area contributed by atoms with Crippen molar-refractivity contribution in [3.05, 3.63) is 83.5 Å². The van der Waals surface area contributed by atoms with Gasteiger partial charge in [-0.2, -0.15) is 5.10 Å². The van der Waals surface area contributed by atoms with Gasteiger partial charge in [0.25, 0.3) is 0 Å². The fourth-order valence-corrected chi connectivity index (χ4v) is 3.43. The number of nitrogens with one attached hydrogen (secondary N) is 1. The minimum absolute atomic E-state index is 0.228. The molecule has 4 aromatic rings. The van der Waals surface area contributed by atoms with E-state index in [0.717, 1.165) is 20.8 Å². The summed E-state index contributed by atoms with van der Waals surface area (Å²) in [5.41, 5.74) is 2.10. The number of para-hydroxylation sites is 1. The summed E-state index contributed by atoms with van der Waals surface area (Å²) in [6, 6.07) is 19.7. The molecule has 0 spiro atoms. The predicted molar refractivity (Wildman–Crippen MR) is 105 cm³/mol. The Labute approximate surface area is 154 Å². The monoisotopic (exact) mass is 360 g/mol. The van der Waals surface area contributed by atoms with Gasteiger partial charge in [0.15, 0.2) is 5.82 Å². The highest BCUT2D eigenvalue weighted by atomic mass is 32.1. The van der Waals surface area contributed by atoms with Crippen LogP contribution in [0.3, 0.4) is 0 Å². The van der Waals surface area contributed by atoms with Crippen molar-refractivity contribution in [2.75, 3.05) is 5.32 Å². The zero-order chi connectivity index (χ0) is 17.8. The molecular formula is C20H16N4OS. The van der Waals surface area contributed by atoms with Crippen molar-refractivity contribution in [2.24, 2.45) is 0 Å². The molecule has 0 saturated heterocycles. The zero-order valence-corrected chi connectivity index (χ0v) is 14.7. The molecule has 0 bridgehead atoms. The first-order chi connectivity index (χ1) is 12.8. The summed E-state index contributed by atoms with van der Waals surface area (Å²) >= 11 is 1.55. The first-order valence-electron chi connectivity index (χ1n) is 8.18. The number of amides is 1. The van der Waals surface area contributed by atoms with Crippen molar-refractivity contribution in [3.63, 3.8) is 0 Å². The number of carbonyl (C=O) groups excluding carboxylic acids is 1. The minimum atomic E-state index is -0.228. The number of aromatic nitrogens is 3. The van der Waals surface area contributed by atoms with E-state index >= 15 is 0 Å². The molecule has 0 atom stereocenters. The Morgan fingerprint density at radius 2 is 1.88 bits per heavy atom. The van der Waals surface area contributed by atoms with E-state index in [1.807, 2.05) is 60.8 Å². The topological polar surface area (TPSA) is 59.8 Å². The van der Waals surface area contributed by atoms with Gasteiger partial charge in [0.1, 0.15) is 5.01 Å². The summed E-state index contributed by atoms with van der Waals surface area (Å²) in [7, 11) is 0. The van der Waals surface area contributed by atoms with Gasteiger partial charge < -0.3 is 5.32 Å². The molecule has 6 heteroatoms. The van der Waals surface area contributed by atoms with Crippen LogP contribution < -0.4 is 5.32 Å². The Kier molecular flexibility index (Phi) is 4.57. The van der Waals surface area contributed by atoms with Gasteiger partial charge in [0.2, 0.25) is 5.91 Å². The van der Waals surface area contributed by atoms with Crippen LogP contribution in [0.15, 0.2) is 72.9 Å². The molecule has 0 radical (unpaired) electrons. The normalized spacial score (nSPS) is 11.2. The molecule has 2 aromatic carbocycles. The van der Waals surface area contributed by atoms with Gasteiger partial charge in [-0.15, -0.1) is 11.3 Å². The number of carbonyl (C=O) groups is 1. The lowest BCUT2D eigenvalue weighted by molar-refractivity contribution is -0.111. The highest BCUT2D eigenvalue weighted by molar-refractivity contribution is 7.19. The first-order valence-corrected chi connectivity index (χ1v) is 9.00. The van der Waals surface area contributed by atoms with Crippen LogP contribution in [-0.2, 0) is 11.3 Å². The van der Waals surface area contributed by atoms with Gasteiger partial charge in [-0.25, -0.2) is 4.98 Å². The first kappa shape index (κ1) is 16.2. The number of fused-ring (bicyclic) bond motifs is 1. The molecular weight excluding hydrogens is 344 g/mol. The lowest BCUT2D eigenvalue weighted by Gasteiger charge is -2.01. The van der Waals surface area contributed by atoms with Crippen LogP contribution in [0.1, 0.15) is 10.6 Å². The summed E-state index contributed by atoms with van der Waals surface area (Å²) in [4.78, 5) is 16.6. The third-order valence-electron chi connectivity index (χ3n) is 3.77. The molecule has 0 fully saturated rings. The molecule has 5 nitrogen and oxygen atoms in total. The fourth-order valence-electron chi connectivity index (χ4n) is 2.56. The number of nitrogens with zero attached hydrogens (tertiary/aromatic N) is 3. The van der Waals surface area contributed by atoms with Crippen molar-refractivity contribution in [1.82, 2.24) is 14.8 Å². The van der Waals surface area contributed by atoms with Gasteiger partial charge in [0, 0.05) is 18.3 Å². The zero-order valence-electron chi connectivity index (χ0n) is 13.9. The molecule has 0 aliphatic carbocycles. The smallest absolute Gasteiger partial charge is 0.249 e. The lowest BCUT2D eigenvalue weighted by atomic mass is 10.2. The molecule has 0 aliphatic heterocycles. The Morgan fingerprint density at radius 3 is 2.73 bits per heavy atom. The Balaban J connectivity index is 1.38. The molecule has 2 aromatic heterocycles. The van der Waals surface area contributed by atoms with Crippen molar-refractivity contribution in [1.29, 1.82) is 0 Å². The standard InChI is InChI=1S/C20H16N4OS/c25-19(10-11-20-21-16-8-4-5-9-17(16)26-20)22-18-12-13-24(23-18)14-15-6-2-1-3-7-15/h1-13H,14H2,(H,22,23,25). The number of thiazole rings is 1. The molecule has 0 saturated carbocycles. The molecule has 26 heavy (non-hydrogen) atoms. The average molecular weight is 360 g/mol.